The minimum absolute atomic E-state index is 0.183. The molecular formula is C14H26N2O2. The highest BCUT2D eigenvalue weighted by Crippen LogP contribution is 2.18. The van der Waals surface area contributed by atoms with Crippen molar-refractivity contribution < 1.29 is 9.47 Å². The Balaban J connectivity index is 4.65. The molecule has 0 aromatic heterocycles. The number of likely N-dealkylation sites (N-methyl/N-ethyl adjacent to an activating group) is 1. The summed E-state index contributed by atoms with van der Waals surface area (Å²) in [4.78, 5) is 0. The van der Waals surface area contributed by atoms with Crippen LogP contribution in [0.4, 0.5) is 0 Å². The van der Waals surface area contributed by atoms with Crippen LogP contribution in [0.1, 0.15) is 34.1 Å². The van der Waals surface area contributed by atoms with E-state index in [-0.39, 0.29) is 24.4 Å². The van der Waals surface area contributed by atoms with Crippen LogP contribution in [0.2, 0.25) is 0 Å². The number of nitrogens with one attached hydrogen (secondary N) is 1. The van der Waals surface area contributed by atoms with Crippen LogP contribution >= 0.6 is 0 Å². The largest absolute Gasteiger partial charge is 0.353 e. The molecule has 0 fully saturated rings. The molecule has 0 aliphatic carbocycles. The normalized spacial score (nSPS) is 18.2. The van der Waals surface area contributed by atoms with Crippen molar-refractivity contribution in [3.8, 4) is 6.07 Å². The van der Waals surface area contributed by atoms with Crippen molar-refractivity contribution in [3.05, 3.63) is 12.2 Å². The molecule has 4 unspecified atom stereocenters. The minimum atomic E-state index is -0.326. The van der Waals surface area contributed by atoms with Gasteiger partial charge in [-0.25, -0.2) is 0 Å². The summed E-state index contributed by atoms with van der Waals surface area (Å²) in [5, 5.41) is 12.2. The second-order valence-electron chi connectivity index (χ2n) is 4.30. The Bertz CT molecular complexity index is 273. The molecule has 0 radical (unpaired) electrons. The Morgan fingerprint density at radius 3 is 2.50 bits per heavy atom. The first-order valence-electron chi connectivity index (χ1n) is 6.55. The van der Waals surface area contributed by atoms with E-state index in [4.69, 9.17) is 14.7 Å². The molecule has 0 aromatic carbocycles. The second kappa shape index (κ2) is 10.1. The van der Waals surface area contributed by atoms with Crippen LogP contribution in [0.25, 0.3) is 0 Å². The average molecular weight is 254 g/mol. The lowest BCUT2D eigenvalue weighted by atomic mass is 9.95. The first kappa shape index (κ1) is 17.1. The molecule has 4 nitrogen and oxygen atoms in total. The van der Waals surface area contributed by atoms with Gasteiger partial charge in [-0.2, -0.15) is 5.26 Å². The van der Waals surface area contributed by atoms with Gasteiger partial charge in [0.25, 0.3) is 0 Å². The molecule has 0 heterocycles. The smallest absolute Gasteiger partial charge is 0.155 e. The quantitative estimate of drug-likeness (QED) is 0.507. The van der Waals surface area contributed by atoms with E-state index in [0.717, 1.165) is 6.42 Å². The number of nitriles is 1. The standard InChI is InChI=1S/C14H26N2O2/c1-6-8-9-11(3)14(13(10-15)16-5)18-12(4)17-7-2/h6,8,11-14,16H,7,9H2,1-5H3. The zero-order valence-electron chi connectivity index (χ0n) is 12.1. The average Bonchev–Trinajstić information content (AvgIpc) is 2.36. The molecule has 1 N–H and O–H groups in total. The van der Waals surface area contributed by atoms with Gasteiger partial charge >= 0.3 is 0 Å². The Hall–Kier alpha value is -0.890. The lowest BCUT2D eigenvalue weighted by molar-refractivity contribution is -0.171. The van der Waals surface area contributed by atoms with E-state index in [9.17, 15) is 0 Å². The van der Waals surface area contributed by atoms with Crippen LogP contribution in [0.3, 0.4) is 0 Å². The first-order chi connectivity index (χ1) is 8.60. The van der Waals surface area contributed by atoms with Gasteiger partial charge in [-0.05, 0) is 40.2 Å². The Morgan fingerprint density at radius 1 is 1.39 bits per heavy atom. The van der Waals surface area contributed by atoms with E-state index in [1.807, 2.05) is 26.8 Å². The van der Waals surface area contributed by atoms with Gasteiger partial charge in [-0.1, -0.05) is 19.1 Å². The fraction of sp³-hybridized carbons (Fsp3) is 0.786. The van der Waals surface area contributed by atoms with Crippen LogP contribution in [0, 0.1) is 17.2 Å². The van der Waals surface area contributed by atoms with Crippen LogP contribution in [0.5, 0.6) is 0 Å². The van der Waals surface area contributed by atoms with E-state index >= 15 is 0 Å². The molecule has 0 aromatic rings. The predicted molar refractivity (Wildman–Crippen MR) is 73.0 cm³/mol. The minimum Gasteiger partial charge on any atom is -0.353 e. The molecule has 0 aliphatic heterocycles. The fourth-order valence-electron chi connectivity index (χ4n) is 1.82. The summed E-state index contributed by atoms with van der Waals surface area (Å²) >= 11 is 0. The van der Waals surface area contributed by atoms with Gasteiger partial charge in [0.05, 0.1) is 12.2 Å². The SMILES string of the molecule is CC=CCC(C)C(OC(C)OCC)C(C#N)NC. The van der Waals surface area contributed by atoms with Gasteiger partial charge in [-0.3, -0.25) is 0 Å². The lowest BCUT2D eigenvalue weighted by Gasteiger charge is -2.30. The fourth-order valence-corrected chi connectivity index (χ4v) is 1.82. The summed E-state index contributed by atoms with van der Waals surface area (Å²) in [5.41, 5.74) is 0. The van der Waals surface area contributed by atoms with Crippen molar-refractivity contribution in [2.24, 2.45) is 5.92 Å². The van der Waals surface area contributed by atoms with Gasteiger partial charge < -0.3 is 14.8 Å². The molecule has 0 saturated carbocycles. The van der Waals surface area contributed by atoms with Gasteiger partial charge in [0.2, 0.25) is 0 Å². The zero-order chi connectivity index (χ0) is 14.0. The monoisotopic (exact) mass is 254 g/mol. The first-order valence-corrected chi connectivity index (χ1v) is 6.55. The van der Waals surface area contributed by atoms with Crippen LogP contribution < -0.4 is 5.32 Å². The molecule has 0 aliphatic rings. The van der Waals surface area contributed by atoms with Crippen LogP contribution in [-0.2, 0) is 9.47 Å². The van der Waals surface area contributed by atoms with Gasteiger partial charge in [0.1, 0.15) is 6.04 Å². The molecule has 104 valence electrons. The molecule has 0 amide bonds. The van der Waals surface area contributed by atoms with Crippen molar-refractivity contribution >= 4 is 0 Å². The molecule has 0 rings (SSSR count). The van der Waals surface area contributed by atoms with Crippen molar-refractivity contribution in [2.45, 2.75) is 52.6 Å². The number of hydrogen-bond acceptors (Lipinski definition) is 4. The van der Waals surface area contributed by atoms with E-state index in [2.05, 4.69) is 24.4 Å². The van der Waals surface area contributed by atoms with E-state index in [1.54, 1.807) is 7.05 Å². The Labute approximate surface area is 111 Å². The van der Waals surface area contributed by atoms with Crippen molar-refractivity contribution in [2.75, 3.05) is 13.7 Å². The third kappa shape index (κ3) is 6.15. The Morgan fingerprint density at radius 2 is 2.06 bits per heavy atom. The lowest BCUT2D eigenvalue weighted by Crippen LogP contribution is -2.44. The molecule has 0 spiro atoms. The van der Waals surface area contributed by atoms with Crippen LogP contribution in [-0.4, -0.2) is 32.1 Å². The highest BCUT2D eigenvalue weighted by atomic mass is 16.7. The van der Waals surface area contributed by atoms with E-state index in [1.165, 1.54) is 0 Å². The topological polar surface area (TPSA) is 54.3 Å². The number of ether oxygens (including phenoxy) is 2. The van der Waals surface area contributed by atoms with Crippen LogP contribution in [0.15, 0.2) is 12.2 Å². The maximum absolute atomic E-state index is 9.16. The summed E-state index contributed by atoms with van der Waals surface area (Å²) in [5.74, 6) is 0.251. The molecule has 0 saturated heterocycles. The molecule has 0 bridgehead atoms. The highest BCUT2D eigenvalue weighted by Gasteiger charge is 2.28. The number of nitrogens with zero attached hydrogens (tertiary/aromatic N) is 1. The van der Waals surface area contributed by atoms with Gasteiger partial charge in [0.15, 0.2) is 6.29 Å². The van der Waals surface area contributed by atoms with E-state index in [0.29, 0.717) is 6.61 Å². The predicted octanol–water partition coefficient (Wildman–Crippen LogP) is 2.47. The van der Waals surface area contributed by atoms with E-state index < -0.39 is 0 Å². The zero-order valence-corrected chi connectivity index (χ0v) is 12.1. The molecule has 4 atom stereocenters. The van der Waals surface area contributed by atoms with Gasteiger partial charge in [-0.15, -0.1) is 0 Å². The van der Waals surface area contributed by atoms with Gasteiger partial charge in [0, 0.05) is 6.61 Å². The summed E-state index contributed by atoms with van der Waals surface area (Å²) in [6, 6.07) is 1.92. The number of rotatable bonds is 9. The molecular weight excluding hydrogens is 228 g/mol. The third-order valence-electron chi connectivity index (χ3n) is 2.83. The second-order valence-corrected chi connectivity index (χ2v) is 4.30. The summed E-state index contributed by atoms with van der Waals surface area (Å²) < 4.78 is 11.2. The number of allylic oxidation sites excluding steroid dienone is 2. The molecule has 18 heavy (non-hydrogen) atoms. The van der Waals surface area contributed by atoms with Crippen molar-refractivity contribution in [3.63, 3.8) is 0 Å². The molecule has 4 heteroatoms. The maximum atomic E-state index is 9.16. The maximum Gasteiger partial charge on any atom is 0.155 e. The Kier molecular flexibility index (Phi) is 9.57. The van der Waals surface area contributed by atoms with Crippen molar-refractivity contribution in [1.82, 2.24) is 5.32 Å². The summed E-state index contributed by atoms with van der Waals surface area (Å²) in [7, 11) is 1.78. The summed E-state index contributed by atoms with van der Waals surface area (Å²) in [6.07, 6.45) is 4.52. The third-order valence-corrected chi connectivity index (χ3v) is 2.83. The summed E-state index contributed by atoms with van der Waals surface area (Å²) in [6.45, 7) is 8.48. The highest BCUT2D eigenvalue weighted by molar-refractivity contribution is 4.98. The van der Waals surface area contributed by atoms with Crippen molar-refractivity contribution in [1.29, 1.82) is 5.26 Å². The number of hydrogen-bond donors (Lipinski definition) is 1.